The fourth-order valence-corrected chi connectivity index (χ4v) is 2.30. The summed E-state index contributed by atoms with van der Waals surface area (Å²) >= 11 is 1.36. The summed E-state index contributed by atoms with van der Waals surface area (Å²) in [5.74, 6) is -0.366. The predicted octanol–water partition coefficient (Wildman–Crippen LogP) is 2.86. The summed E-state index contributed by atoms with van der Waals surface area (Å²) in [6.45, 7) is 3.25. The van der Waals surface area contributed by atoms with E-state index in [0.717, 1.165) is 5.56 Å². The summed E-state index contributed by atoms with van der Waals surface area (Å²) in [7, 11) is 0. The van der Waals surface area contributed by atoms with Crippen molar-refractivity contribution < 1.29 is 9.59 Å². The van der Waals surface area contributed by atoms with Crippen molar-refractivity contribution in [2.45, 2.75) is 13.8 Å². The van der Waals surface area contributed by atoms with Gasteiger partial charge in [-0.05, 0) is 36.1 Å². The molecule has 0 atom stereocenters. The van der Waals surface area contributed by atoms with E-state index in [1.807, 2.05) is 23.6 Å². The van der Waals surface area contributed by atoms with Gasteiger partial charge in [0.15, 0.2) is 0 Å². The molecular weight excluding hydrogens is 286 g/mol. The highest BCUT2D eigenvalue weighted by Gasteiger charge is 2.06. The van der Waals surface area contributed by atoms with Crippen molar-refractivity contribution in [3.8, 4) is 0 Å². The molecule has 0 saturated carbocycles. The SMILES string of the molecule is CC(=O)Nc1cccc(/C(C)=N\NC(=O)c2cccs2)c1. The molecule has 21 heavy (non-hydrogen) atoms. The van der Waals surface area contributed by atoms with Crippen LogP contribution in [0.2, 0.25) is 0 Å². The van der Waals surface area contributed by atoms with Crippen molar-refractivity contribution in [2.75, 3.05) is 5.32 Å². The number of anilines is 1. The van der Waals surface area contributed by atoms with Crippen molar-refractivity contribution in [1.82, 2.24) is 5.43 Å². The standard InChI is InChI=1S/C15H15N3O2S/c1-10(17-18-15(20)14-7-4-8-21-14)12-5-3-6-13(9-12)16-11(2)19/h3-9H,1-2H3,(H,16,19)(H,18,20)/b17-10-. The third-order valence-corrected chi connectivity index (χ3v) is 3.54. The fraction of sp³-hybridized carbons (Fsp3) is 0.133. The zero-order valence-corrected chi connectivity index (χ0v) is 12.5. The van der Waals surface area contributed by atoms with Crippen LogP contribution in [0.4, 0.5) is 5.69 Å². The number of benzene rings is 1. The van der Waals surface area contributed by atoms with E-state index in [0.29, 0.717) is 16.3 Å². The predicted molar refractivity (Wildman–Crippen MR) is 84.7 cm³/mol. The maximum atomic E-state index is 11.8. The van der Waals surface area contributed by atoms with Crippen LogP contribution in [-0.4, -0.2) is 17.5 Å². The first-order valence-electron chi connectivity index (χ1n) is 6.32. The number of rotatable bonds is 4. The van der Waals surface area contributed by atoms with Crippen LogP contribution in [-0.2, 0) is 4.79 Å². The van der Waals surface area contributed by atoms with Crippen molar-refractivity contribution in [1.29, 1.82) is 0 Å². The second kappa shape index (κ2) is 6.81. The molecule has 1 aromatic carbocycles. The molecule has 0 radical (unpaired) electrons. The molecule has 0 unspecified atom stereocenters. The van der Waals surface area contributed by atoms with E-state index in [1.54, 1.807) is 25.1 Å². The van der Waals surface area contributed by atoms with E-state index in [2.05, 4.69) is 15.8 Å². The van der Waals surface area contributed by atoms with Gasteiger partial charge in [0.1, 0.15) is 0 Å². The van der Waals surface area contributed by atoms with Gasteiger partial charge in [-0.2, -0.15) is 5.10 Å². The molecule has 2 aromatic rings. The second-order valence-corrected chi connectivity index (χ2v) is 5.33. The third kappa shape index (κ3) is 4.25. The van der Waals surface area contributed by atoms with E-state index in [9.17, 15) is 9.59 Å². The Bertz CT molecular complexity index is 678. The number of hydrogen-bond donors (Lipinski definition) is 2. The lowest BCUT2D eigenvalue weighted by Crippen LogP contribution is -2.18. The molecule has 2 N–H and O–H groups in total. The number of carbonyl (C=O) groups is 2. The van der Waals surface area contributed by atoms with Gasteiger partial charge in [0.05, 0.1) is 10.6 Å². The van der Waals surface area contributed by atoms with Crippen molar-refractivity contribution in [3.63, 3.8) is 0 Å². The number of thiophene rings is 1. The molecule has 0 spiro atoms. The van der Waals surface area contributed by atoms with Crippen LogP contribution in [0.3, 0.4) is 0 Å². The number of nitrogens with zero attached hydrogens (tertiary/aromatic N) is 1. The molecular formula is C15H15N3O2S. The first-order valence-corrected chi connectivity index (χ1v) is 7.20. The number of hydrogen-bond acceptors (Lipinski definition) is 4. The first-order chi connectivity index (χ1) is 10.1. The summed E-state index contributed by atoms with van der Waals surface area (Å²) in [6, 6.07) is 10.8. The topological polar surface area (TPSA) is 70.6 Å². The Morgan fingerprint density at radius 1 is 1.14 bits per heavy atom. The Morgan fingerprint density at radius 3 is 2.62 bits per heavy atom. The summed E-state index contributed by atoms with van der Waals surface area (Å²) in [5, 5.41) is 8.63. The average molecular weight is 301 g/mol. The summed E-state index contributed by atoms with van der Waals surface area (Å²) in [4.78, 5) is 23.4. The van der Waals surface area contributed by atoms with Gasteiger partial charge >= 0.3 is 0 Å². The van der Waals surface area contributed by atoms with E-state index in [-0.39, 0.29) is 11.8 Å². The second-order valence-electron chi connectivity index (χ2n) is 4.38. The van der Waals surface area contributed by atoms with Crippen LogP contribution in [0.15, 0.2) is 46.9 Å². The molecule has 0 aliphatic heterocycles. The molecule has 0 bridgehead atoms. The van der Waals surface area contributed by atoms with Gasteiger partial charge in [0.2, 0.25) is 5.91 Å². The van der Waals surface area contributed by atoms with Gasteiger partial charge in [0.25, 0.3) is 5.91 Å². The molecule has 0 aliphatic carbocycles. The minimum absolute atomic E-state index is 0.132. The molecule has 0 saturated heterocycles. The lowest BCUT2D eigenvalue weighted by Gasteiger charge is -2.06. The summed E-state index contributed by atoms with van der Waals surface area (Å²) < 4.78 is 0. The Morgan fingerprint density at radius 2 is 1.95 bits per heavy atom. The molecule has 2 amide bonds. The summed E-state index contributed by atoms with van der Waals surface area (Å²) in [6.07, 6.45) is 0. The highest BCUT2D eigenvalue weighted by Crippen LogP contribution is 2.12. The van der Waals surface area contributed by atoms with E-state index in [4.69, 9.17) is 0 Å². The zero-order valence-electron chi connectivity index (χ0n) is 11.7. The van der Waals surface area contributed by atoms with Crippen LogP contribution >= 0.6 is 11.3 Å². The van der Waals surface area contributed by atoms with Crippen LogP contribution in [0.1, 0.15) is 29.1 Å². The molecule has 5 nitrogen and oxygen atoms in total. The van der Waals surface area contributed by atoms with Gasteiger partial charge < -0.3 is 5.32 Å². The number of hydrazone groups is 1. The molecule has 0 fully saturated rings. The summed E-state index contributed by atoms with van der Waals surface area (Å²) in [5.41, 5.74) is 4.70. The van der Waals surface area contributed by atoms with Crippen LogP contribution < -0.4 is 10.7 Å². The number of nitrogens with one attached hydrogen (secondary N) is 2. The van der Waals surface area contributed by atoms with Crippen LogP contribution in [0.25, 0.3) is 0 Å². The smallest absolute Gasteiger partial charge is 0.281 e. The van der Waals surface area contributed by atoms with Gasteiger partial charge in [-0.15, -0.1) is 11.3 Å². The zero-order chi connectivity index (χ0) is 15.2. The van der Waals surface area contributed by atoms with Gasteiger partial charge in [0, 0.05) is 12.6 Å². The quantitative estimate of drug-likeness (QED) is 0.673. The molecule has 0 aliphatic rings. The van der Waals surface area contributed by atoms with E-state index < -0.39 is 0 Å². The minimum Gasteiger partial charge on any atom is -0.326 e. The largest absolute Gasteiger partial charge is 0.326 e. The van der Waals surface area contributed by atoms with Crippen LogP contribution in [0, 0.1) is 0 Å². The molecule has 1 heterocycles. The molecule has 6 heteroatoms. The maximum absolute atomic E-state index is 11.8. The van der Waals surface area contributed by atoms with Gasteiger partial charge in [-0.3, -0.25) is 9.59 Å². The minimum atomic E-state index is -0.234. The first kappa shape index (κ1) is 14.9. The van der Waals surface area contributed by atoms with Crippen molar-refractivity contribution in [3.05, 3.63) is 52.2 Å². The molecule has 2 rings (SSSR count). The van der Waals surface area contributed by atoms with Gasteiger partial charge in [-0.25, -0.2) is 5.43 Å². The lowest BCUT2D eigenvalue weighted by atomic mass is 10.1. The van der Waals surface area contributed by atoms with E-state index >= 15 is 0 Å². The van der Waals surface area contributed by atoms with E-state index in [1.165, 1.54) is 18.3 Å². The highest BCUT2D eigenvalue weighted by molar-refractivity contribution is 7.12. The Kier molecular flexibility index (Phi) is 4.84. The monoisotopic (exact) mass is 301 g/mol. The third-order valence-electron chi connectivity index (χ3n) is 2.67. The Hall–Kier alpha value is -2.47. The highest BCUT2D eigenvalue weighted by atomic mass is 32.1. The number of amides is 2. The van der Waals surface area contributed by atoms with Crippen LogP contribution in [0.5, 0.6) is 0 Å². The Balaban J connectivity index is 2.08. The van der Waals surface area contributed by atoms with Gasteiger partial charge in [-0.1, -0.05) is 18.2 Å². The molecule has 108 valence electrons. The maximum Gasteiger partial charge on any atom is 0.281 e. The number of carbonyl (C=O) groups excluding carboxylic acids is 2. The average Bonchev–Trinajstić information content (AvgIpc) is 2.98. The lowest BCUT2D eigenvalue weighted by molar-refractivity contribution is -0.114. The van der Waals surface area contributed by atoms with Crippen molar-refractivity contribution >= 4 is 34.6 Å². The Labute approximate surface area is 126 Å². The normalized spacial score (nSPS) is 11.0. The fourth-order valence-electron chi connectivity index (χ4n) is 1.69. The van der Waals surface area contributed by atoms with Crippen molar-refractivity contribution in [2.24, 2.45) is 5.10 Å². The molecule has 1 aromatic heterocycles.